The molecule has 0 spiro atoms. The number of rotatable bonds is 3. The molecule has 0 radical (unpaired) electrons. The summed E-state index contributed by atoms with van der Waals surface area (Å²) in [6.07, 6.45) is 1.76. The van der Waals surface area contributed by atoms with Crippen molar-refractivity contribution in [3.8, 4) is 5.75 Å². The fourth-order valence-corrected chi connectivity index (χ4v) is 2.13. The average Bonchev–Trinajstić information content (AvgIpc) is 2.82. The van der Waals surface area contributed by atoms with Gasteiger partial charge in [-0.15, -0.1) is 10.2 Å². The van der Waals surface area contributed by atoms with Gasteiger partial charge in [-0.1, -0.05) is 17.4 Å². The Kier molecular flexibility index (Phi) is 2.77. The van der Waals surface area contributed by atoms with Gasteiger partial charge < -0.3 is 10.5 Å². The number of ether oxygens (including phenoxy) is 1. The highest BCUT2D eigenvalue weighted by molar-refractivity contribution is 7.15. The van der Waals surface area contributed by atoms with E-state index in [1.54, 1.807) is 6.20 Å². The van der Waals surface area contributed by atoms with E-state index in [-0.39, 0.29) is 0 Å². The topological polar surface area (TPSA) is 73.9 Å². The third kappa shape index (κ3) is 2.23. The van der Waals surface area contributed by atoms with Gasteiger partial charge in [-0.2, -0.15) is 0 Å². The molecule has 1 aromatic carbocycles. The number of hydrogen-bond acceptors (Lipinski definition) is 6. The summed E-state index contributed by atoms with van der Waals surface area (Å²) in [7, 11) is 0. The molecule has 2 heterocycles. The molecule has 5 nitrogen and oxygen atoms in total. The van der Waals surface area contributed by atoms with E-state index in [2.05, 4.69) is 15.2 Å². The second-order valence-electron chi connectivity index (χ2n) is 3.68. The molecule has 0 amide bonds. The van der Waals surface area contributed by atoms with E-state index in [0.717, 1.165) is 21.7 Å². The number of fused-ring (bicyclic) bond motifs is 1. The summed E-state index contributed by atoms with van der Waals surface area (Å²) >= 11 is 1.33. The smallest absolute Gasteiger partial charge is 0.203 e. The molecule has 0 unspecified atom stereocenters. The maximum absolute atomic E-state index is 5.63. The molecular formula is C12H10N4OS. The number of nitrogens with zero attached hydrogens (tertiary/aromatic N) is 3. The number of nitrogens with two attached hydrogens (primary N) is 1. The Hall–Kier alpha value is -2.21. The van der Waals surface area contributed by atoms with Gasteiger partial charge in [-0.25, -0.2) is 0 Å². The third-order valence-corrected chi connectivity index (χ3v) is 3.15. The van der Waals surface area contributed by atoms with E-state index < -0.39 is 0 Å². The maximum atomic E-state index is 5.63. The van der Waals surface area contributed by atoms with Crippen LogP contribution in [0.4, 0.5) is 5.13 Å². The lowest BCUT2D eigenvalue weighted by atomic mass is 10.2. The van der Waals surface area contributed by atoms with Gasteiger partial charge in [0, 0.05) is 17.6 Å². The van der Waals surface area contributed by atoms with Crippen molar-refractivity contribution >= 4 is 27.4 Å². The molecule has 0 fully saturated rings. The number of anilines is 1. The van der Waals surface area contributed by atoms with Crippen molar-refractivity contribution in [1.29, 1.82) is 0 Å². The van der Waals surface area contributed by atoms with Crippen LogP contribution in [-0.2, 0) is 6.61 Å². The van der Waals surface area contributed by atoms with Crippen LogP contribution in [0.15, 0.2) is 36.5 Å². The molecule has 0 bridgehead atoms. The van der Waals surface area contributed by atoms with Gasteiger partial charge in [0.2, 0.25) is 5.13 Å². The van der Waals surface area contributed by atoms with Crippen molar-refractivity contribution in [3.63, 3.8) is 0 Å². The van der Waals surface area contributed by atoms with Gasteiger partial charge in [-0.05, 0) is 18.2 Å². The van der Waals surface area contributed by atoms with Crippen LogP contribution in [0.25, 0.3) is 10.9 Å². The van der Waals surface area contributed by atoms with Gasteiger partial charge in [0.1, 0.15) is 12.4 Å². The molecule has 2 N–H and O–H groups in total. The van der Waals surface area contributed by atoms with Crippen molar-refractivity contribution in [1.82, 2.24) is 15.2 Å². The van der Waals surface area contributed by atoms with E-state index in [1.165, 1.54) is 11.3 Å². The SMILES string of the molecule is Nc1nnc(COc2ccc3cccnc3c2)s1. The van der Waals surface area contributed by atoms with Crippen LogP contribution in [0.3, 0.4) is 0 Å². The fourth-order valence-electron chi connectivity index (χ4n) is 1.61. The van der Waals surface area contributed by atoms with E-state index in [0.29, 0.717) is 11.7 Å². The molecule has 0 aliphatic heterocycles. The van der Waals surface area contributed by atoms with Crippen molar-refractivity contribution in [2.45, 2.75) is 6.61 Å². The van der Waals surface area contributed by atoms with Crippen LogP contribution in [0, 0.1) is 0 Å². The minimum Gasteiger partial charge on any atom is -0.486 e. The maximum Gasteiger partial charge on any atom is 0.203 e. The minimum absolute atomic E-state index is 0.368. The fraction of sp³-hybridized carbons (Fsp3) is 0.0833. The lowest BCUT2D eigenvalue weighted by molar-refractivity contribution is 0.305. The Balaban J connectivity index is 1.78. The molecule has 6 heteroatoms. The van der Waals surface area contributed by atoms with E-state index in [9.17, 15) is 0 Å². The summed E-state index contributed by atoms with van der Waals surface area (Å²) in [4.78, 5) is 4.28. The lowest BCUT2D eigenvalue weighted by Crippen LogP contribution is -1.94. The van der Waals surface area contributed by atoms with Crippen LogP contribution >= 0.6 is 11.3 Å². The highest BCUT2D eigenvalue weighted by Gasteiger charge is 2.03. The molecule has 3 rings (SSSR count). The molecule has 0 aliphatic rings. The summed E-state index contributed by atoms with van der Waals surface area (Å²) in [6, 6.07) is 9.71. The molecule has 0 saturated heterocycles. The molecule has 2 aromatic heterocycles. The van der Waals surface area contributed by atoms with Crippen molar-refractivity contribution in [3.05, 3.63) is 41.5 Å². The second-order valence-corrected chi connectivity index (χ2v) is 4.77. The number of aromatic nitrogens is 3. The van der Waals surface area contributed by atoms with Crippen LogP contribution in [0.2, 0.25) is 0 Å². The first kappa shape index (κ1) is 10.9. The molecule has 90 valence electrons. The number of benzene rings is 1. The van der Waals surface area contributed by atoms with E-state index >= 15 is 0 Å². The Bertz CT molecular complexity index is 682. The first-order valence-corrected chi connectivity index (χ1v) is 6.18. The zero-order valence-electron chi connectivity index (χ0n) is 9.41. The second kappa shape index (κ2) is 4.58. The Morgan fingerprint density at radius 1 is 1.22 bits per heavy atom. The summed E-state index contributed by atoms with van der Waals surface area (Å²) in [5.41, 5.74) is 6.41. The summed E-state index contributed by atoms with van der Waals surface area (Å²) < 4.78 is 5.63. The molecular weight excluding hydrogens is 248 g/mol. The number of nitrogen functional groups attached to an aromatic ring is 1. The van der Waals surface area contributed by atoms with Crippen molar-refractivity contribution in [2.24, 2.45) is 0 Å². The highest BCUT2D eigenvalue weighted by atomic mass is 32.1. The lowest BCUT2D eigenvalue weighted by Gasteiger charge is -2.04. The molecule has 0 saturated carbocycles. The highest BCUT2D eigenvalue weighted by Crippen LogP contribution is 2.20. The summed E-state index contributed by atoms with van der Waals surface area (Å²) in [5.74, 6) is 0.759. The molecule has 0 aliphatic carbocycles. The van der Waals surface area contributed by atoms with Crippen LogP contribution in [-0.4, -0.2) is 15.2 Å². The Morgan fingerprint density at radius 2 is 2.17 bits per heavy atom. The zero-order chi connectivity index (χ0) is 12.4. The van der Waals surface area contributed by atoms with E-state index in [4.69, 9.17) is 10.5 Å². The van der Waals surface area contributed by atoms with Gasteiger partial charge in [0.15, 0.2) is 5.01 Å². The van der Waals surface area contributed by atoms with Gasteiger partial charge in [0.05, 0.1) is 5.52 Å². The minimum atomic E-state index is 0.368. The van der Waals surface area contributed by atoms with Crippen LogP contribution in [0.1, 0.15) is 5.01 Å². The van der Waals surface area contributed by atoms with Crippen LogP contribution in [0.5, 0.6) is 5.75 Å². The first-order valence-electron chi connectivity index (χ1n) is 5.37. The van der Waals surface area contributed by atoms with E-state index in [1.807, 2.05) is 30.3 Å². The summed E-state index contributed by atoms with van der Waals surface area (Å²) in [5, 5.41) is 9.93. The van der Waals surface area contributed by atoms with Gasteiger partial charge in [0.25, 0.3) is 0 Å². The zero-order valence-corrected chi connectivity index (χ0v) is 10.2. The molecule has 18 heavy (non-hydrogen) atoms. The van der Waals surface area contributed by atoms with Crippen LogP contribution < -0.4 is 10.5 Å². The predicted molar refractivity (Wildman–Crippen MR) is 70.4 cm³/mol. The van der Waals surface area contributed by atoms with Gasteiger partial charge >= 0.3 is 0 Å². The standard InChI is InChI=1S/C12H10N4OS/c13-12-16-15-11(18-12)7-17-9-4-3-8-2-1-5-14-10(8)6-9/h1-6H,7H2,(H2,13,16). The largest absolute Gasteiger partial charge is 0.486 e. The normalized spacial score (nSPS) is 10.7. The quantitative estimate of drug-likeness (QED) is 0.780. The predicted octanol–water partition coefficient (Wildman–Crippen LogP) is 2.25. The monoisotopic (exact) mass is 258 g/mol. The van der Waals surface area contributed by atoms with Crippen molar-refractivity contribution < 1.29 is 4.74 Å². The first-order chi connectivity index (χ1) is 8.81. The van der Waals surface area contributed by atoms with Gasteiger partial charge in [-0.3, -0.25) is 4.98 Å². The molecule has 0 atom stereocenters. The third-order valence-electron chi connectivity index (χ3n) is 2.42. The number of hydrogen-bond donors (Lipinski definition) is 1. The number of pyridine rings is 1. The van der Waals surface area contributed by atoms with Crippen molar-refractivity contribution in [2.75, 3.05) is 5.73 Å². The molecule has 3 aromatic rings. The Morgan fingerprint density at radius 3 is 3.00 bits per heavy atom. The Labute approximate surface area is 107 Å². The average molecular weight is 258 g/mol. The summed E-state index contributed by atoms with van der Waals surface area (Å²) in [6.45, 7) is 0.368.